The molecule has 5 rings (SSSR count). The number of fused-ring (bicyclic) bond motifs is 2. The zero-order valence-electron chi connectivity index (χ0n) is 18.7. The van der Waals surface area contributed by atoms with Crippen LogP contribution in [-0.4, -0.2) is 36.3 Å². The number of hydrogen-bond acceptors (Lipinski definition) is 7. The van der Waals surface area contributed by atoms with E-state index in [0.717, 1.165) is 11.3 Å². The predicted octanol–water partition coefficient (Wildman–Crippen LogP) is 5.16. The van der Waals surface area contributed by atoms with Crippen molar-refractivity contribution in [2.24, 2.45) is 0 Å². The van der Waals surface area contributed by atoms with Crippen molar-refractivity contribution in [3.05, 3.63) is 78.1 Å². The fraction of sp³-hybridized carbons (Fsp3) is 0.200. The van der Waals surface area contributed by atoms with Crippen molar-refractivity contribution in [3.8, 4) is 17.2 Å². The number of benzene rings is 3. The first-order chi connectivity index (χ1) is 16.2. The van der Waals surface area contributed by atoms with Crippen LogP contribution in [-0.2, 0) is 13.1 Å². The summed E-state index contributed by atoms with van der Waals surface area (Å²) < 4.78 is 18.2. The molecule has 0 aliphatic carbocycles. The summed E-state index contributed by atoms with van der Waals surface area (Å²) in [6, 6.07) is 20.8. The Morgan fingerprint density at radius 1 is 0.788 bits per heavy atom. The van der Waals surface area contributed by atoms with Crippen LogP contribution in [0.2, 0.25) is 0 Å². The number of para-hydroxylation sites is 2. The van der Waals surface area contributed by atoms with Crippen molar-refractivity contribution in [2.45, 2.75) is 22.9 Å². The second kappa shape index (κ2) is 9.07. The van der Waals surface area contributed by atoms with E-state index >= 15 is 0 Å². The van der Waals surface area contributed by atoms with E-state index in [1.54, 1.807) is 33.1 Å². The molecule has 8 heteroatoms. The Morgan fingerprint density at radius 2 is 1.39 bits per heavy atom. The minimum Gasteiger partial charge on any atom is -0.493 e. The molecule has 3 aromatic carbocycles. The number of rotatable bonds is 7. The van der Waals surface area contributed by atoms with E-state index in [9.17, 15) is 0 Å². The number of ether oxygens (including phenoxy) is 3. The molecule has 1 aromatic heterocycles. The Morgan fingerprint density at radius 3 is 1.97 bits per heavy atom. The van der Waals surface area contributed by atoms with E-state index in [4.69, 9.17) is 14.2 Å². The molecule has 0 N–H and O–H groups in total. The highest BCUT2D eigenvalue weighted by atomic mass is 32.2. The number of nitrogens with zero attached hydrogens (tertiary/aromatic N) is 4. The lowest BCUT2D eigenvalue weighted by Crippen LogP contribution is -2.20. The van der Waals surface area contributed by atoms with Gasteiger partial charge >= 0.3 is 0 Å². The Labute approximate surface area is 196 Å². The maximum atomic E-state index is 5.47. The van der Waals surface area contributed by atoms with Crippen LogP contribution >= 0.6 is 11.8 Å². The van der Waals surface area contributed by atoms with Crippen LogP contribution in [0.15, 0.2) is 76.7 Å². The molecule has 2 heterocycles. The maximum Gasteiger partial charge on any atom is 0.203 e. The van der Waals surface area contributed by atoms with Gasteiger partial charge in [-0.1, -0.05) is 41.2 Å². The minimum absolute atomic E-state index is 0.534. The van der Waals surface area contributed by atoms with Crippen LogP contribution in [0, 0.1) is 0 Å². The van der Waals surface area contributed by atoms with E-state index in [1.807, 2.05) is 23.0 Å². The van der Waals surface area contributed by atoms with Gasteiger partial charge in [0, 0.05) is 9.79 Å². The first kappa shape index (κ1) is 21.2. The normalized spacial score (nSPS) is 12.2. The zero-order valence-corrected chi connectivity index (χ0v) is 19.5. The van der Waals surface area contributed by atoms with Crippen LogP contribution in [0.4, 0.5) is 11.4 Å². The molecule has 0 fully saturated rings. The molecule has 0 radical (unpaired) electrons. The van der Waals surface area contributed by atoms with Gasteiger partial charge in [0.05, 0.1) is 52.0 Å². The number of hydrogen-bond donors (Lipinski definition) is 0. The molecule has 0 bridgehead atoms. The van der Waals surface area contributed by atoms with Crippen LogP contribution in [0.3, 0.4) is 0 Å². The zero-order chi connectivity index (χ0) is 22.8. The third kappa shape index (κ3) is 4.09. The van der Waals surface area contributed by atoms with Gasteiger partial charge in [-0.05, 0) is 42.0 Å². The third-order valence-corrected chi connectivity index (χ3v) is 6.64. The summed E-state index contributed by atoms with van der Waals surface area (Å²) >= 11 is 1.80. The molecule has 1 aliphatic heterocycles. The van der Waals surface area contributed by atoms with Gasteiger partial charge in [0.2, 0.25) is 5.75 Å². The average molecular weight is 461 g/mol. The summed E-state index contributed by atoms with van der Waals surface area (Å²) in [5, 5.41) is 8.81. The molecular weight excluding hydrogens is 436 g/mol. The Hall–Kier alpha value is -3.65. The lowest BCUT2D eigenvalue weighted by molar-refractivity contribution is 0.323. The highest BCUT2D eigenvalue weighted by molar-refractivity contribution is 7.99. The lowest BCUT2D eigenvalue weighted by Gasteiger charge is -2.32. The van der Waals surface area contributed by atoms with Gasteiger partial charge in [0.25, 0.3) is 0 Å². The first-order valence-corrected chi connectivity index (χ1v) is 11.3. The smallest absolute Gasteiger partial charge is 0.203 e. The molecule has 0 atom stereocenters. The van der Waals surface area contributed by atoms with Crippen LogP contribution in [0.5, 0.6) is 17.2 Å². The molecule has 0 spiro atoms. The van der Waals surface area contributed by atoms with Crippen LogP contribution in [0.1, 0.15) is 11.3 Å². The van der Waals surface area contributed by atoms with Crippen LogP contribution < -0.4 is 19.1 Å². The van der Waals surface area contributed by atoms with Crippen molar-refractivity contribution in [1.82, 2.24) is 15.0 Å². The maximum absolute atomic E-state index is 5.47. The second-order valence-electron chi connectivity index (χ2n) is 7.56. The molecule has 168 valence electrons. The molecule has 7 nitrogen and oxygen atoms in total. The van der Waals surface area contributed by atoms with E-state index in [-0.39, 0.29) is 0 Å². The number of anilines is 2. The van der Waals surface area contributed by atoms with Crippen molar-refractivity contribution in [2.75, 3.05) is 26.2 Å². The fourth-order valence-electron chi connectivity index (χ4n) is 4.02. The average Bonchev–Trinajstić information content (AvgIpc) is 3.29. The fourth-order valence-corrected chi connectivity index (χ4v) is 5.11. The van der Waals surface area contributed by atoms with Crippen LogP contribution in [0.25, 0.3) is 0 Å². The Balaban J connectivity index is 1.41. The molecule has 4 aromatic rings. The monoisotopic (exact) mass is 460 g/mol. The van der Waals surface area contributed by atoms with Gasteiger partial charge < -0.3 is 19.1 Å². The summed E-state index contributed by atoms with van der Waals surface area (Å²) in [7, 11) is 4.82. The molecule has 0 saturated heterocycles. The lowest BCUT2D eigenvalue weighted by atomic mass is 10.2. The van der Waals surface area contributed by atoms with Gasteiger partial charge in [-0.3, -0.25) is 0 Å². The van der Waals surface area contributed by atoms with E-state index in [0.29, 0.717) is 30.3 Å². The van der Waals surface area contributed by atoms with Gasteiger partial charge in [0.1, 0.15) is 5.69 Å². The van der Waals surface area contributed by atoms with Gasteiger partial charge in [-0.15, -0.1) is 5.10 Å². The van der Waals surface area contributed by atoms with Crippen molar-refractivity contribution >= 4 is 23.1 Å². The van der Waals surface area contributed by atoms with Crippen molar-refractivity contribution in [3.63, 3.8) is 0 Å². The summed E-state index contributed by atoms with van der Waals surface area (Å²) in [6.07, 6.45) is 1.98. The second-order valence-corrected chi connectivity index (χ2v) is 8.65. The molecular formula is C25H24N4O3S. The van der Waals surface area contributed by atoms with Gasteiger partial charge in [0.15, 0.2) is 11.5 Å². The number of methoxy groups -OCH3 is 3. The van der Waals surface area contributed by atoms with Gasteiger partial charge in [-0.25, -0.2) is 4.68 Å². The van der Waals surface area contributed by atoms with Crippen molar-refractivity contribution in [1.29, 1.82) is 0 Å². The van der Waals surface area contributed by atoms with Crippen molar-refractivity contribution < 1.29 is 14.2 Å². The van der Waals surface area contributed by atoms with E-state index in [1.165, 1.54) is 21.2 Å². The highest BCUT2D eigenvalue weighted by Gasteiger charge is 2.23. The standard InChI is InChI=1S/C25H24N4O3S/c1-30-21-12-17(13-22(31-2)25(21)32-3)14-28-15-18(26-27-28)16-29-19-8-4-6-10-23(19)33-24-11-7-5-9-20(24)29/h4-13,15H,14,16H2,1-3H3. The molecule has 0 saturated carbocycles. The van der Waals surface area contributed by atoms with Gasteiger partial charge in [-0.2, -0.15) is 0 Å². The summed E-state index contributed by atoms with van der Waals surface area (Å²) in [4.78, 5) is 4.77. The minimum atomic E-state index is 0.534. The summed E-state index contributed by atoms with van der Waals surface area (Å²) in [6.45, 7) is 1.16. The Kier molecular flexibility index (Phi) is 5.83. The molecule has 0 amide bonds. The summed E-state index contributed by atoms with van der Waals surface area (Å²) in [5.41, 5.74) is 4.23. The van der Waals surface area contributed by atoms with E-state index in [2.05, 4.69) is 63.7 Å². The Bertz CT molecular complexity index is 1220. The molecule has 33 heavy (non-hydrogen) atoms. The predicted molar refractivity (Wildman–Crippen MR) is 128 cm³/mol. The molecule has 0 unspecified atom stereocenters. The largest absolute Gasteiger partial charge is 0.493 e. The summed E-state index contributed by atoms with van der Waals surface area (Å²) in [5.74, 6) is 1.81. The number of aromatic nitrogens is 3. The molecule has 1 aliphatic rings. The first-order valence-electron chi connectivity index (χ1n) is 10.5. The topological polar surface area (TPSA) is 61.6 Å². The van der Waals surface area contributed by atoms with E-state index < -0.39 is 0 Å². The highest BCUT2D eigenvalue weighted by Crippen LogP contribution is 2.48. The quantitative estimate of drug-likeness (QED) is 0.378. The third-order valence-electron chi connectivity index (χ3n) is 5.51. The SMILES string of the molecule is COc1cc(Cn2cc(CN3c4ccccc4Sc4ccccc43)nn2)cc(OC)c1OC.